The van der Waals surface area contributed by atoms with Gasteiger partial charge in [-0.3, -0.25) is 14.9 Å². The molecule has 1 aliphatic rings. The van der Waals surface area contributed by atoms with Crippen LogP contribution in [0.25, 0.3) is 10.9 Å². The van der Waals surface area contributed by atoms with Crippen LogP contribution in [-0.2, 0) is 37.6 Å². The molecule has 0 aliphatic heterocycles. The van der Waals surface area contributed by atoms with E-state index in [2.05, 4.69) is 5.32 Å². The first kappa shape index (κ1) is 30.8. The van der Waals surface area contributed by atoms with E-state index in [0.29, 0.717) is 17.9 Å². The van der Waals surface area contributed by atoms with Gasteiger partial charge in [0.1, 0.15) is 11.9 Å². The lowest BCUT2D eigenvalue weighted by molar-refractivity contribution is -0.139. The molecule has 1 aliphatic carbocycles. The predicted octanol–water partition coefficient (Wildman–Crippen LogP) is 5.47. The maximum atomic E-state index is 13.5. The van der Waals surface area contributed by atoms with E-state index in [1.165, 1.54) is 43.5 Å². The average molecular weight is 619 g/mol. The number of benzene rings is 3. The van der Waals surface area contributed by atoms with Crippen molar-refractivity contribution in [2.24, 2.45) is 7.05 Å². The highest BCUT2D eigenvalue weighted by molar-refractivity contribution is 7.93. The van der Waals surface area contributed by atoms with E-state index in [1.807, 2.05) is 36.0 Å². The van der Waals surface area contributed by atoms with Crippen LogP contribution in [0.1, 0.15) is 47.2 Å². The summed E-state index contributed by atoms with van der Waals surface area (Å²) in [4.78, 5) is 38.5. The zero-order chi connectivity index (χ0) is 31.4. The fourth-order valence-electron chi connectivity index (χ4n) is 5.63. The van der Waals surface area contributed by atoms with Crippen LogP contribution in [0.5, 0.6) is 5.75 Å². The third-order valence-electron chi connectivity index (χ3n) is 7.88. The van der Waals surface area contributed by atoms with E-state index >= 15 is 0 Å². The second kappa shape index (κ2) is 12.9. The summed E-state index contributed by atoms with van der Waals surface area (Å²) < 4.78 is 44.5. The molecule has 1 N–H and O–H groups in total. The van der Waals surface area contributed by atoms with E-state index in [9.17, 15) is 22.8 Å². The fraction of sp³-hybridized carbons (Fsp3) is 0.303. The lowest BCUT2D eigenvalue weighted by Crippen LogP contribution is -2.39. The summed E-state index contributed by atoms with van der Waals surface area (Å²) in [6, 6.07) is 17.5. The standard InChI is InChI=1S/C33H34N2O8S/c1-35-20-23(27-19-24(15-16-28(27)35)34-33(38)43-25-9-7-8-10-25)17-21-13-14-22(18-29(21)41-2)30(36)31(32(37)42-3)44(39,40)26-11-5-4-6-12-26/h4-6,11-16,18-20,25,31H,7-10,17H2,1-3H3,(H,34,38). The topological polar surface area (TPSA) is 130 Å². The van der Waals surface area contributed by atoms with Crippen molar-refractivity contribution in [2.45, 2.75) is 48.4 Å². The lowest BCUT2D eigenvalue weighted by atomic mass is 9.99. The lowest BCUT2D eigenvalue weighted by Gasteiger charge is -2.16. The molecule has 0 spiro atoms. The monoisotopic (exact) mass is 618 g/mol. The van der Waals surface area contributed by atoms with Gasteiger partial charge in [-0.1, -0.05) is 30.3 Å². The number of anilines is 1. The van der Waals surface area contributed by atoms with Crippen LogP contribution in [0.4, 0.5) is 10.5 Å². The zero-order valence-corrected chi connectivity index (χ0v) is 25.6. The summed E-state index contributed by atoms with van der Waals surface area (Å²) in [7, 11) is 0.0264. The number of carbonyl (C=O) groups is 3. The van der Waals surface area contributed by atoms with Crippen molar-refractivity contribution >= 4 is 44.3 Å². The number of fused-ring (bicyclic) bond motifs is 1. The summed E-state index contributed by atoms with van der Waals surface area (Å²) in [6.07, 6.45) is 5.76. The molecule has 0 saturated heterocycles. The molecule has 4 aromatic rings. The molecule has 0 radical (unpaired) electrons. The average Bonchev–Trinajstić information content (AvgIpc) is 3.64. The molecule has 1 amide bonds. The quantitative estimate of drug-likeness (QED) is 0.141. The first-order valence-electron chi connectivity index (χ1n) is 14.3. The number of carbonyl (C=O) groups excluding carboxylic acids is 3. The number of amides is 1. The first-order chi connectivity index (χ1) is 21.1. The summed E-state index contributed by atoms with van der Waals surface area (Å²) in [5, 5.41) is 1.67. The Labute approximate surface area is 255 Å². The highest BCUT2D eigenvalue weighted by Crippen LogP contribution is 2.31. The van der Waals surface area contributed by atoms with Gasteiger partial charge >= 0.3 is 12.1 Å². The maximum absolute atomic E-state index is 13.5. The molecule has 3 aromatic carbocycles. The van der Waals surface area contributed by atoms with E-state index in [0.717, 1.165) is 54.8 Å². The van der Waals surface area contributed by atoms with Crippen molar-refractivity contribution in [2.75, 3.05) is 19.5 Å². The van der Waals surface area contributed by atoms with Crippen molar-refractivity contribution in [3.63, 3.8) is 0 Å². The van der Waals surface area contributed by atoms with Gasteiger partial charge < -0.3 is 18.8 Å². The molecule has 10 nitrogen and oxygen atoms in total. The SMILES string of the molecule is COC(=O)C(C(=O)c1ccc(Cc2cn(C)c3ccc(NC(=O)OC4CCCC4)cc23)c(OC)c1)S(=O)(=O)c1ccccc1. The number of ether oxygens (including phenoxy) is 3. The van der Waals surface area contributed by atoms with Crippen LogP contribution >= 0.6 is 0 Å². The first-order valence-corrected chi connectivity index (χ1v) is 15.8. The van der Waals surface area contributed by atoms with Crippen molar-refractivity contribution in [1.29, 1.82) is 0 Å². The van der Waals surface area contributed by atoms with Gasteiger partial charge in [-0.15, -0.1) is 0 Å². The molecule has 11 heteroatoms. The molecular formula is C33H34N2O8S. The Balaban J connectivity index is 1.41. The molecule has 5 rings (SSSR count). The Bertz CT molecular complexity index is 1810. The Kier molecular flexibility index (Phi) is 9.05. The number of methoxy groups -OCH3 is 2. The highest BCUT2D eigenvalue weighted by Gasteiger charge is 2.42. The summed E-state index contributed by atoms with van der Waals surface area (Å²) >= 11 is 0. The summed E-state index contributed by atoms with van der Waals surface area (Å²) in [6.45, 7) is 0. The van der Waals surface area contributed by atoms with Gasteiger partial charge in [0.25, 0.3) is 0 Å². The highest BCUT2D eigenvalue weighted by atomic mass is 32.2. The van der Waals surface area contributed by atoms with E-state index < -0.39 is 32.9 Å². The van der Waals surface area contributed by atoms with E-state index in [4.69, 9.17) is 14.2 Å². The van der Waals surface area contributed by atoms with E-state index in [-0.39, 0.29) is 16.6 Å². The number of Topliss-reactive ketones (excluding diaryl/α,β-unsaturated/α-hetero) is 1. The van der Waals surface area contributed by atoms with Gasteiger partial charge in [-0.25, -0.2) is 13.2 Å². The summed E-state index contributed by atoms with van der Waals surface area (Å²) in [5.41, 5.74) is 3.22. The molecule has 1 saturated carbocycles. The van der Waals surface area contributed by atoms with E-state index in [1.54, 1.807) is 12.1 Å². The minimum Gasteiger partial charge on any atom is -0.496 e. The minimum absolute atomic E-state index is 0.00862. The van der Waals surface area contributed by atoms with Crippen LogP contribution < -0.4 is 10.1 Å². The van der Waals surface area contributed by atoms with Crippen molar-refractivity contribution in [1.82, 2.24) is 4.57 Å². The molecule has 230 valence electrons. The molecule has 1 aromatic heterocycles. The largest absolute Gasteiger partial charge is 0.496 e. The number of aromatic nitrogens is 1. The molecular weight excluding hydrogens is 584 g/mol. The Morgan fingerprint density at radius 1 is 0.955 bits per heavy atom. The third-order valence-corrected chi connectivity index (χ3v) is 9.84. The number of ketones is 1. The van der Waals surface area contributed by atoms with Crippen molar-refractivity contribution in [3.8, 4) is 5.75 Å². The van der Waals surface area contributed by atoms with Crippen LogP contribution in [0.2, 0.25) is 0 Å². The number of hydrogen-bond donors (Lipinski definition) is 1. The second-order valence-electron chi connectivity index (χ2n) is 10.8. The zero-order valence-electron chi connectivity index (χ0n) is 24.7. The molecule has 1 heterocycles. The fourth-order valence-corrected chi connectivity index (χ4v) is 7.20. The number of nitrogens with zero attached hydrogens (tertiary/aromatic N) is 1. The Morgan fingerprint density at radius 3 is 2.36 bits per heavy atom. The molecule has 1 unspecified atom stereocenters. The van der Waals surface area contributed by atoms with Crippen molar-refractivity contribution < 1.29 is 37.0 Å². The maximum Gasteiger partial charge on any atom is 0.411 e. The molecule has 44 heavy (non-hydrogen) atoms. The number of rotatable bonds is 10. The number of sulfone groups is 1. The van der Waals surface area contributed by atoms with Crippen LogP contribution in [0.3, 0.4) is 0 Å². The third kappa shape index (κ3) is 6.33. The van der Waals surface area contributed by atoms with Crippen LogP contribution in [-0.4, -0.2) is 56.4 Å². The molecule has 1 atom stereocenters. The second-order valence-corrected chi connectivity index (χ2v) is 12.8. The number of hydrogen-bond acceptors (Lipinski definition) is 8. The predicted molar refractivity (Wildman–Crippen MR) is 165 cm³/mol. The van der Waals surface area contributed by atoms with Crippen molar-refractivity contribution in [3.05, 3.63) is 89.6 Å². The normalized spacial score (nSPS) is 14.2. The minimum atomic E-state index is -4.39. The number of nitrogens with one attached hydrogen (secondary N) is 1. The van der Waals surface area contributed by atoms with Gasteiger partial charge in [-0.2, -0.15) is 0 Å². The number of esters is 1. The van der Waals surface area contributed by atoms with Crippen LogP contribution in [0.15, 0.2) is 77.8 Å². The Hall–Kier alpha value is -4.64. The van der Waals surface area contributed by atoms with Gasteiger partial charge in [0.15, 0.2) is 15.6 Å². The van der Waals surface area contributed by atoms with Gasteiger partial charge in [0, 0.05) is 41.8 Å². The molecule has 1 fully saturated rings. The van der Waals surface area contributed by atoms with Gasteiger partial charge in [0.2, 0.25) is 5.25 Å². The Morgan fingerprint density at radius 2 is 1.68 bits per heavy atom. The van der Waals surface area contributed by atoms with Gasteiger partial charge in [-0.05, 0) is 73.2 Å². The number of aryl methyl sites for hydroxylation is 1. The van der Waals surface area contributed by atoms with Gasteiger partial charge in [0.05, 0.1) is 19.1 Å². The smallest absolute Gasteiger partial charge is 0.411 e. The molecule has 0 bridgehead atoms. The summed E-state index contributed by atoms with van der Waals surface area (Å²) in [5.74, 6) is -1.74. The van der Waals surface area contributed by atoms with Crippen LogP contribution in [0, 0.1) is 0 Å².